The maximum absolute atomic E-state index is 13.1. The first kappa shape index (κ1) is 20.3. The third kappa shape index (κ3) is 4.14. The van der Waals surface area contributed by atoms with E-state index in [2.05, 4.69) is 15.0 Å². The Morgan fingerprint density at radius 2 is 1.67 bits per heavy atom. The summed E-state index contributed by atoms with van der Waals surface area (Å²) < 4.78 is 30.3. The van der Waals surface area contributed by atoms with Gasteiger partial charge in [-0.1, -0.05) is 72.5 Å². The molecule has 3 aromatic rings. The second-order valence-corrected chi connectivity index (χ2v) is 9.32. The Labute approximate surface area is 176 Å². The zero-order valence-electron chi connectivity index (χ0n) is 16.8. The van der Waals surface area contributed by atoms with Crippen LogP contribution < -0.4 is 4.72 Å². The number of benzene rings is 2. The summed E-state index contributed by atoms with van der Waals surface area (Å²) in [5.74, 6) is -0.226. The van der Waals surface area contributed by atoms with E-state index in [0.717, 1.165) is 37.7 Å². The molecule has 0 amide bonds. The molecule has 156 valence electrons. The number of aromatic nitrogens is 3. The molecule has 8 heteroatoms. The molecule has 0 unspecified atom stereocenters. The number of hydrogen-bond donors (Lipinski definition) is 1. The molecule has 1 aliphatic rings. The van der Waals surface area contributed by atoms with Crippen molar-refractivity contribution in [3.63, 3.8) is 0 Å². The number of sulfonamides is 1. The highest BCUT2D eigenvalue weighted by Crippen LogP contribution is 2.32. The maximum Gasteiger partial charge on any atom is 0.263 e. The quantitative estimate of drug-likeness (QED) is 0.601. The Morgan fingerprint density at radius 1 is 1.00 bits per heavy atom. The number of hydrogen-bond acceptors (Lipinski definition) is 5. The first-order valence-corrected chi connectivity index (χ1v) is 11.6. The summed E-state index contributed by atoms with van der Waals surface area (Å²) in [5, 5.41) is 8.29. The molecule has 0 atom stereocenters. The number of ketones is 1. The summed E-state index contributed by atoms with van der Waals surface area (Å²) in [6.45, 7) is 1.89. The van der Waals surface area contributed by atoms with Gasteiger partial charge in [-0.25, -0.2) is 13.1 Å². The van der Waals surface area contributed by atoms with Gasteiger partial charge in [0, 0.05) is 5.56 Å². The lowest BCUT2D eigenvalue weighted by Gasteiger charge is -2.23. The van der Waals surface area contributed by atoms with Crippen molar-refractivity contribution in [2.24, 2.45) is 0 Å². The van der Waals surface area contributed by atoms with Gasteiger partial charge >= 0.3 is 0 Å². The van der Waals surface area contributed by atoms with Gasteiger partial charge in [0.05, 0.1) is 10.9 Å². The van der Waals surface area contributed by atoms with Crippen LogP contribution in [0.25, 0.3) is 0 Å². The predicted molar refractivity (Wildman–Crippen MR) is 114 cm³/mol. The highest BCUT2D eigenvalue weighted by atomic mass is 32.2. The molecule has 2 aromatic carbocycles. The van der Waals surface area contributed by atoms with Gasteiger partial charge in [-0.15, -0.1) is 5.10 Å². The van der Waals surface area contributed by atoms with Gasteiger partial charge in [0.15, 0.2) is 11.5 Å². The van der Waals surface area contributed by atoms with Crippen molar-refractivity contribution in [1.29, 1.82) is 0 Å². The van der Waals surface area contributed by atoms with Crippen LogP contribution in [-0.2, 0) is 10.0 Å². The molecule has 0 saturated heterocycles. The summed E-state index contributed by atoms with van der Waals surface area (Å²) in [6, 6.07) is 15.3. The summed E-state index contributed by atoms with van der Waals surface area (Å²) in [4.78, 5) is 13.2. The van der Waals surface area contributed by atoms with E-state index in [1.165, 1.54) is 0 Å². The van der Waals surface area contributed by atoms with Crippen LogP contribution in [0, 0.1) is 6.92 Å². The van der Waals surface area contributed by atoms with Gasteiger partial charge in [0.25, 0.3) is 10.0 Å². The molecule has 1 aliphatic carbocycles. The second kappa shape index (κ2) is 8.39. The minimum Gasteiger partial charge on any atom is -0.287 e. The SMILES string of the molecule is Cc1ccc(S(=O)(=O)Nc2c(C(=O)c3ccccc3)nnn2C2CCCCC2)cc1. The summed E-state index contributed by atoms with van der Waals surface area (Å²) >= 11 is 0. The molecule has 0 radical (unpaired) electrons. The molecule has 0 bridgehead atoms. The number of carbonyl (C=O) groups excluding carboxylic acids is 1. The van der Waals surface area contributed by atoms with Gasteiger partial charge in [-0.3, -0.25) is 9.52 Å². The van der Waals surface area contributed by atoms with E-state index >= 15 is 0 Å². The van der Waals surface area contributed by atoms with Gasteiger partial charge in [-0.2, -0.15) is 0 Å². The zero-order valence-corrected chi connectivity index (χ0v) is 17.6. The van der Waals surface area contributed by atoms with Crippen molar-refractivity contribution in [3.8, 4) is 0 Å². The van der Waals surface area contributed by atoms with E-state index in [1.54, 1.807) is 53.2 Å². The lowest BCUT2D eigenvalue weighted by Crippen LogP contribution is -2.22. The largest absolute Gasteiger partial charge is 0.287 e. The molecule has 1 saturated carbocycles. The minimum atomic E-state index is -3.90. The Kier molecular flexibility index (Phi) is 5.67. The van der Waals surface area contributed by atoms with Crippen molar-refractivity contribution in [1.82, 2.24) is 15.0 Å². The van der Waals surface area contributed by atoms with Crippen molar-refractivity contribution >= 4 is 21.6 Å². The number of nitrogens with one attached hydrogen (secondary N) is 1. The predicted octanol–water partition coefficient (Wildman–Crippen LogP) is 4.12. The number of aryl methyl sites for hydroxylation is 1. The number of anilines is 1. The zero-order chi connectivity index (χ0) is 21.1. The molecule has 4 rings (SSSR count). The second-order valence-electron chi connectivity index (χ2n) is 7.64. The Morgan fingerprint density at radius 3 is 2.33 bits per heavy atom. The summed E-state index contributed by atoms with van der Waals surface area (Å²) in [6.07, 6.45) is 4.97. The highest BCUT2D eigenvalue weighted by Gasteiger charge is 2.29. The lowest BCUT2D eigenvalue weighted by molar-refractivity contribution is 0.103. The van der Waals surface area contributed by atoms with Crippen LogP contribution in [0.15, 0.2) is 59.5 Å². The number of rotatable bonds is 6. The van der Waals surface area contributed by atoms with Crippen LogP contribution in [0.3, 0.4) is 0 Å². The molecule has 1 heterocycles. The van der Waals surface area contributed by atoms with E-state index in [-0.39, 0.29) is 28.2 Å². The molecular formula is C22H24N4O3S. The average molecular weight is 425 g/mol. The third-order valence-electron chi connectivity index (χ3n) is 5.43. The smallest absolute Gasteiger partial charge is 0.263 e. The van der Waals surface area contributed by atoms with E-state index < -0.39 is 10.0 Å². The van der Waals surface area contributed by atoms with Crippen LogP contribution >= 0.6 is 0 Å². The third-order valence-corrected chi connectivity index (χ3v) is 6.78. The fraction of sp³-hybridized carbons (Fsp3) is 0.318. The molecule has 7 nitrogen and oxygen atoms in total. The van der Waals surface area contributed by atoms with Crippen LogP contribution in [0.1, 0.15) is 59.8 Å². The van der Waals surface area contributed by atoms with Crippen molar-refractivity contribution in [3.05, 3.63) is 71.4 Å². The average Bonchev–Trinajstić information content (AvgIpc) is 3.17. The molecular weight excluding hydrogens is 400 g/mol. The molecule has 1 aromatic heterocycles. The Bertz CT molecular complexity index is 1130. The van der Waals surface area contributed by atoms with Crippen molar-refractivity contribution in [2.75, 3.05) is 4.72 Å². The Balaban J connectivity index is 1.76. The lowest BCUT2D eigenvalue weighted by atomic mass is 9.95. The first-order chi connectivity index (χ1) is 14.5. The molecule has 0 spiro atoms. The topological polar surface area (TPSA) is 93.9 Å². The molecule has 30 heavy (non-hydrogen) atoms. The summed E-state index contributed by atoms with van der Waals surface area (Å²) in [5.41, 5.74) is 1.41. The van der Waals surface area contributed by atoms with E-state index in [4.69, 9.17) is 0 Å². The van der Waals surface area contributed by atoms with E-state index in [0.29, 0.717) is 5.56 Å². The monoisotopic (exact) mass is 424 g/mol. The maximum atomic E-state index is 13.1. The fourth-order valence-corrected chi connectivity index (χ4v) is 4.81. The van der Waals surface area contributed by atoms with E-state index in [9.17, 15) is 13.2 Å². The van der Waals surface area contributed by atoms with Crippen LogP contribution in [0.5, 0.6) is 0 Å². The van der Waals surface area contributed by atoms with Crippen LogP contribution in [-0.4, -0.2) is 29.2 Å². The standard InChI is InChI=1S/C22H24N4O3S/c1-16-12-14-19(15-13-16)30(28,29)24-22-20(21(27)17-8-4-2-5-9-17)23-25-26(22)18-10-6-3-7-11-18/h2,4-5,8-9,12-15,18,24H,3,6-7,10-11H2,1H3. The first-order valence-electron chi connectivity index (χ1n) is 10.1. The van der Waals surface area contributed by atoms with Crippen LogP contribution in [0.2, 0.25) is 0 Å². The van der Waals surface area contributed by atoms with Crippen molar-refractivity contribution in [2.45, 2.75) is 50.0 Å². The highest BCUT2D eigenvalue weighted by molar-refractivity contribution is 7.92. The van der Waals surface area contributed by atoms with Gasteiger partial charge in [-0.05, 0) is 31.9 Å². The van der Waals surface area contributed by atoms with Gasteiger partial charge in [0.1, 0.15) is 0 Å². The fourth-order valence-electron chi connectivity index (χ4n) is 3.75. The molecule has 1 N–H and O–H groups in total. The molecule has 1 fully saturated rings. The molecule has 0 aliphatic heterocycles. The normalized spacial score (nSPS) is 15.1. The Hall–Kier alpha value is -3.00. The number of carbonyl (C=O) groups is 1. The van der Waals surface area contributed by atoms with Crippen molar-refractivity contribution < 1.29 is 13.2 Å². The summed E-state index contributed by atoms with van der Waals surface area (Å²) in [7, 11) is -3.90. The minimum absolute atomic E-state index is 0.0132. The van der Waals surface area contributed by atoms with Gasteiger partial charge < -0.3 is 0 Å². The number of nitrogens with zero attached hydrogens (tertiary/aromatic N) is 3. The van der Waals surface area contributed by atoms with Crippen LogP contribution in [0.4, 0.5) is 5.82 Å². The van der Waals surface area contributed by atoms with E-state index in [1.807, 2.05) is 13.0 Å². The van der Waals surface area contributed by atoms with Gasteiger partial charge in [0.2, 0.25) is 5.78 Å².